The minimum absolute atomic E-state index is 0.00251. The summed E-state index contributed by atoms with van der Waals surface area (Å²) in [7, 11) is -3.56. The second-order valence-corrected chi connectivity index (χ2v) is 20.0. The number of nitrogens with zero attached hydrogens (tertiary/aromatic N) is 1. The maximum absolute atomic E-state index is 14.5. The first-order valence-electron chi connectivity index (χ1n) is 18.4. The van der Waals surface area contributed by atoms with Gasteiger partial charge in [-0.15, -0.1) is 0 Å². The van der Waals surface area contributed by atoms with Gasteiger partial charge in [-0.2, -0.15) is 0 Å². The van der Waals surface area contributed by atoms with Crippen molar-refractivity contribution in [3.05, 3.63) is 0 Å². The van der Waals surface area contributed by atoms with Gasteiger partial charge in [0.15, 0.2) is 9.84 Å². The highest BCUT2D eigenvalue weighted by molar-refractivity contribution is 7.92. The predicted octanol–water partition coefficient (Wildman–Crippen LogP) is 4.01. The molecule has 2 saturated carbocycles. The van der Waals surface area contributed by atoms with Crippen molar-refractivity contribution >= 4 is 39.4 Å². The Balaban J connectivity index is 1.86. The molecular formula is C36H63N5O7S. The van der Waals surface area contributed by atoms with Crippen LogP contribution in [-0.2, 0) is 29.0 Å². The van der Waals surface area contributed by atoms with Gasteiger partial charge in [-0.25, -0.2) is 13.2 Å². The molecule has 49 heavy (non-hydrogen) atoms. The van der Waals surface area contributed by atoms with Crippen LogP contribution in [-0.4, -0.2) is 89.6 Å². The third kappa shape index (κ3) is 10.9. The topological polar surface area (TPSA) is 171 Å². The molecular weight excluding hydrogens is 646 g/mol. The predicted molar refractivity (Wildman–Crippen MR) is 190 cm³/mol. The summed E-state index contributed by atoms with van der Waals surface area (Å²) in [6.45, 7) is 16.8. The molecule has 0 aromatic rings. The van der Waals surface area contributed by atoms with Gasteiger partial charge in [0.05, 0.1) is 22.1 Å². The molecule has 0 radical (unpaired) electrons. The number of likely N-dealkylation sites (tertiary alicyclic amines) is 1. The molecule has 3 fully saturated rings. The van der Waals surface area contributed by atoms with E-state index in [9.17, 15) is 32.4 Å². The highest BCUT2D eigenvalue weighted by atomic mass is 32.2. The van der Waals surface area contributed by atoms with Crippen LogP contribution in [0.3, 0.4) is 0 Å². The average Bonchev–Trinajstić information content (AvgIpc) is 3.69. The van der Waals surface area contributed by atoms with Gasteiger partial charge in [0.2, 0.25) is 17.6 Å². The lowest BCUT2D eigenvalue weighted by atomic mass is 9.83. The minimum Gasteiger partial charge on any atom is -0.347 e. The van der Waals surface area contributed by atoms with Crippen LogP contribution < -0.4 is 21.3 Å². The number of nitrogens with one attached hydrogen (secondary N) is 4. The zero-order valence-corrected chi connectivity index (χ0v) is 32.2. The van der Waals surface area contributed by atoms with Gasteiger partial charge in [0.25, 0.3) is 5.91 Å². The van der Waals surface area contributed by atoms with Crippen molar-refractivity contribution < 1.29 is 32.4 Å². The fraction of sp³-hybridized carbons (Fsp3) is 0.861. The van der Waals surface area contributed by atoms with Crippen molar-refractivity contribution in [2.75, 3.05) is 12.3 Å². The van der Waals surface area contributed by atoms with Gasteiger partial charge in [0, 0.05) is 12.6 Å². The van der Waals surface area contributed by atoms with Crippen molar-refractivity contribution in [2.45, 2.75) is 167 Å². The van der Waals surface area contributed by atoms with Crippen LogP contribution in [0.5, 0.6) is 0 Å². The van der Waals surface area contributed by atoms with E-state index in [4.69, 9.17) is 0 Å². The molecule has 3 rings (SSSR count). The number of Topliss-reactive ketones (excluding diaryl/α,β-unsaturated/α-hetero) is 1. The number of urea groups is 1. The summed E-state index contributed by atoms with van der Waals surface area (Å²) in [5.74, 6) is -2.41. The van der Waals surface area contributed by atoms with Crippen LogP contribution in [0.25, 0.3) is 0 Å². The van der Waals surface area contributed by atoms with Gasteiger partial charge in [-0.1, -0.05) is 67.2 Å². The zero-order valence-electron chi connectivity index (χ0n) is 31.4. The standard InChI is InChI=1S/C36H63N5O7S/c1-10-14-26(28(42)31(44)37-25-15-16-25)38-30(43)27-24(21-23(2)3)17-20-41(27)32(45)29(34(4,5)6)39-33(46)40-36(18-12-11-13-19-36)22-49(47,48)35(7,8)9/h23-27,29H,10-22H2,1-9H3,(H,37,44)(H,38,43)(H2,39,40,46)/t24-,26+,27+,29-/m1/s1. The Morgan fingerprint density at radius 3 is 2.02 bits per heavy atom. The van der Waals surface area contributed by atoms with E-state index in [1.54, 1.807) is 20.8 Å². The maximum Gasteiger partial charge on any atom is 0.315 e. The summed E-state index contributed by atoms with van der Waals surface area (Å²) in [5.41, 5.74) is -1.71. The van der Waals surface area contributed by atoms with E-state index >= 15 is 0 Å². The van der Waals surface area contributed by atoms with Gasteiger partial charge >= 0.3 is 6.03 Å². The SMILES string of the molecule is CCC[C@H](NC(=O)[C@@H]1[C@@H](CC(C)C)CCN1C(=O)[C@@H](NC(=O)NC1(CS(=O)(=O)C(C)(C)C)CCCCC1)C(C)(C)C)C(=O)C(=O)NC1CC1. The first-order chi connectivity index (χ1) is 22.6. The lowest BCUT2D eigenvalue weighted by Gasteiger charge is -2.41. The van der Waals surface area contributed by atoms with Crippen molar-refractivity contribution in [1.82, 2.24) is 26.2 Å². The molecule has 0 unspecified atom stereocenters. The van der Waals surface area contributed by atoms with Gasteiger partial charge in [-0.05, 0) is 83.0 Å². The number of carbonyl (C=O) groups is 5. The summed E-state index contributed by atoms with van der Waals surface area (Å²) in [6, 6.07) is -3.54. The van der Waals surface area contributed by atoms with Crippen molar-refractivity contribution in [2.24, 2.45) is 17.3 Å². The Kier molecular flexibility index (Phi) is 13.4. The lowest BCUT2D eigenvalue weighted by molar-refractivity contribution is -0.144. The fourth-order valence-corrected chi connectivity index (χ4v) is 8.63. The third-order valence-electron chi connectivity index (χ3n) is 10.2. The Morgan fingerprint density at radius 1 is 0.898 bits per heavy atom. The molecule has 0 bridgehead atoms. The Bertz CT molecular complexity index is 1320. The van der Waals surface area contributed by atoms with Crippen LogP contribution in [0.1, 0.15) is 133 Å². The Hall–Kier alpha value is -2.70. The number of sulfone groups is 1. The number of hydrogen-bond acceptors (Lipinski definition) is 7. The first kappa shape index (κ1) is 40.7. The molecule has 5 amide bonds. The van der Waals surface area contributed by atoms with E-state index in [1.807, 2.05) is 27.7 Å². The monoisotopic (exact) mass is 709 g/mol. The average molecular weight is 710 g/mol. The lowest BCUT2D eigenvalue weighted by Crippen LogP contribution is -2.64. The summed E-state index contributed by atoms with van der Waals surface area (Å²) >= 11 is 0. The molecule has 4 N–H and O–H groups in total. The minimum atomic E-state index is -3.56. The van der Waals surface area contributed by atoms with E-state index < -0.39 is 73.2 Å². The van der Waals surface area contributed by atoms with Crippen molar-refractivity contribution in [3.8, 4) is 0 Å². The summed E-state index contributed by atoms with van der Waals surface area (Å²) in [4.78, 5) is 69.6. The number of carbonyl (C=O) groups excluding carboxylic acids is 5. The van der Waals surface area contributed by atoms with E-state index in [2.05, 4.69) is 35.1 Å². The second-order valence-electron chi connectivity index (χ2n) is 17.2. The molecule has 0 spiro atoms. The number of ketones is 1. The molecule has 2 aliphatic carbocycles. The molecule has 12 nitrogen and oxygen atoms in total. The first-order valence-corrected chi connectivity index (χ1v) is 20.0. The summed E-state index contributed by atoms with van der Waals surface area (Å²) < 4.78 is 25.6. The summed E-state index contributed by atoms with van der Waals surface area (Å²) in [6.07, 6.45) is 7.34. The summed E-state index contributed by atoms with van der Waals surface area (Å²) in [5, 5.41) is 11.4. The maximum atomic E-state index is 14.5. The van der Waals surface area contributed by atoms with Crippen LogP contribution in [0, 0.1) is 17.3 Å². The Labute approximate surface area is 294 Å². The molecule has 1 heterocycles. The Morgan fingerprint density at radius 2 is 1.51 bits per heavy atom. The molecule has 4 atom stereocenters. The van der Waals surface area contributed by atoms with Crippen molar-refractivity contribution in [3.63, 3.8) is 0 Å². The van der Waals surface area contributed by atoms with Crippen LogP contribution in [0.15, 0.2) is 0 Å². The van der Waals surface area contributed by atoms with Gasteiger partial charge < -0.3 is 26.2 Å². The largest absolute Gasteiger partial charge is 0.347 e. The van der Waals surface area contributed by atoms with E-state index in [-0.39, 0.29) is 30.1 Å². The quantitative estimate of drug-likeness (QED) is 0.198. The van der Waals surface area contributed by atoms with Crippen molar-refractivity contribution in [1.29, 1.82) is 0 Å². The van der Waals surface area contributed by atoms with E-state index in [1.165, 1.54) is 4.90 Å². The molecule has 13 heteroatoms. The van der Waals surface area contributed by atoms with E-state index in [0.717, 1.165) is 32.1 Å². The molecule has 280 valence electrons. The second kappa shape index (κ2) is 16.1. The number of amides is 5. The smallest absolute Gasteiger partial charge is 0.315 e. The van der Waals surface area contributed by atoms with Gasteiger partial charge in [0.1, 0.15) is 12.1 Å². The highest BCUT2D eigenvalue weighted by Gasteiger charge is 2.48. The van der Waals surface area contributed by atoms with E-state index in [0.29, 0.717) is 38.6 Å². The number of hydrogen-bond donors (Lipinski definition) is 4. The van der Waals surface area contributed by atoms with Crippen LogP contribution in [0.2, 0.25) is 0 Å². The molecule has 3 aliphatic rings. The highest BCUT2D eigenvalue weighted by Crippen LogP contribution is 2.35. The molecule has 0 aromatic carbocycles. The molecule has 0 aromatic heterocycles. The third-order valence-corrected chi connectivity index (χ3v) is 13.0. The number of rotatable bonds is 14. The van der Waals surface area contributed by atoms with Gasteiger partial charge in [-0.3, -0.25) is 19.2 Å². The van der Waals surface area contributed by atoms with Crippen LogP contribution >= 0.6 is 0 Å². The molecule has 1 aliphatic heterocycles. The van der Waals surface area contributed by atoms with Crippen LogP contribution in [0.4, 0.5) is 4.79 Å². The fourth-order valence-electron chi connectivity index (χ4n) is 7.11. The molecule has 1 saturated heterocycles. The zero-order chi connectivity index (χ0) is 36.9. The normalized spacial score (nSPS) is 22.6.